The number of amides is 1. The average Bonchev–Trinajstić information content (AvgIpc) is 2.82. The van der Waals surface area contributed by atoms with Crippen molar-refractivity contribution < 1.29 is 26.7 Å². The second-order valence-corrected chi connectivity index (χ2v) is 9.54. The van der Waals surface area contributed by atoms with Gasteiger partial charge in [-0.15, -0.1) is 0 Å². The molecule has 2 aliphatic rings. The van der Waals surface area contributed by atoms with Crippen LogP contribution in [0.25, 0.3) is 11.3 Å². The number of carbonyl (C=O) groups excluding carboxylic acids is 1. The molecule has 0 unspecified atom stereocenters. The van der Waals surface area contributed by atoms with Crippen LogP contribution in [0.3, 0.4) is 0 Å². The molecule has 3 heterocycles. The van der Waals surface area contributed by atoms with E-state index in [4.69, 9.17) is 5.73 Å². The Morgan fingerprint density at radius 1 is 1.14 bits per heavy atom. The fourth-order valence-electron chi connectivity index (χ4n) is 4.95. The minimum absolute atomic E-state index is 0.00244. The van der Waals surface area contributed by atoms with Gasteiger partial charge in [0.15, 0.2) is 5.82 Å². The number of nitrogens with two attached hydrogens (primary N) is 1. The standard InChI is InChI=1S/C25H28F5N5O2/c1-13-10-34(11-14(2)33(13)3)19-9-18(26)21(15-4-6-32-7-5-15)22(27)23(19)35-12-16(24(31)37)17(8-20(35)36)25(28,29)30/h4,8-9,12-14,32H,5-7,10-11H2,1-3H3,(H2,31,37)/t13-,14+. The van der Waals surface area contributed by atoms with Crippen molar-refractivity contribution in [2.45, 2.75) is 38.5 Å². The fourth-order valence-corrected chi connectivity index (χ4v) is 4.95. The van der Waals surface area contributed by atoms with E-state index in [0.717, 1.165) is 6.07 Å². The lowest BCUT2D eigenvalue weighted by molar-refractivity contribution is -0.138. The third-order valence-corrected chi connectivity index (χ3v) is 7.12. The van der Waals surface area contributed by atoms with Gasteiger partial charge in [-0.3, -0.25) is 19.1 Å². The zero-order valence-corrected chi connectivity index (χ0v) is 20.6. The number of pyridine rings is 1. The molecule has 1 aromatic heterocycles. The van der Waals surface area contributed by atoms with Crippen LogP contribution in [0.2, 0.25) is 0 Å². The number of halogens is 5. The van der Waals surface area contributed by atoms with Gasteiger partial charge in [-0.1, -0.05) is 6.08 Å². The van der Waals surface area contributed by atoms with Crippen molar-refractivity contribution in [3.8, 4) is 5.69 Å². The number of nitrogens with one attached hydrogen (secondary N) is 1. The molecular weight excluding hydrogens is 497 g/mol. The molecule has 0 radical (unpaired) electrons. The zero-order valence-electron chi connectivity index (χ0n) is 20.6. The van der Waals surface area contributed by atoms with E-state index < -0.39 is 46.1 Å². The number of piperazine rings is 1. The molecular formula is C25H28F5N5O2. The van der Waals surface area contributed by atoms with Gasteiger partial charge >= 0.3 is 6.18 Å². The molecule has 200 valence electrons. The molecule has 4 rings (SSSR count). The maximum Gasteiger partial charge on any atom is 0.417 e. The van der Waals surface area contributed by atoms with Gasteiger partial charge in [-0.25, -0.2) is 8.78 Å². The lowest BCUT2D eigenvalue weighted by atomic mass is 9.96. The second kappa shape index (κ2) is 9.90. The van der Waals surface area contributed by atoms with Crippen LogP contribution in [-0.4, -0.2) is 60.7 Å². The molecule has 2 atom stereocenters. The molecule has 0 bridgehead atoms. The summed E-state index contributed by atoms with van der Waals surface area (Å²) in [6, 6.07) is 1.26. The molecule has 1 saturated heterocycles. The predicted octanol–water partition coefficient (Wildman–Crippen LogP) is 3.14. The molecule has 12 heteroatoms. The van der Waals surface area contributed by atoms with Crippen LogP contribution >= 0.6 is 0 Å². The minimum Gasteiger partial charge on any atom is -0.367 e. The number of anilines is 1. The molecule has 3 N–H and O–H groups in total. The Morgan fingerprint density at radius 2 is 1.78 bits per heavy atom. The van der Waals surface area contributed by atoms with Crippen molar-refractivity contribution in [2.24, 2.45) is 5.73 Å². The number of hydrogen-bond acceptors (Lipinski definition) is 5. The van der Waals surface area contributed by atoms with E-state index in [1.165, 1.54) is 0 Å². The van der Waals surface area contributed by atoms with Gasteiger partial charge in [0, 0.05) is 50.0 Å². The number of alkyl halides is 3. The Balaban J connectivity index is 2.03. The molecule has 2 aliphatic heterocycles. The Morgan fingerprint density at radius 3 is 2.32 bits per heavy atom. The molecule has 1 fully saturated rings. The number of benzene rings is 1. The van der Waals surface area contributed by atoms with E-state index in [1.54, 1.807) is 11.0 Å². The van der Waals surface area contributed by atoms with Gasteiger partial charge in [-0.05, 0) is 39.4 Å². The molecule has 37 heavy (non-hydrogen) atoms. The predicted molar refractivity (Wildman–Crippen MR) is 130 cm³/mol. The third kappa shape index (κ3) is 4.99. The first kappa shape index (κ1) is 26.8. The van der Waals surface area contributed by atoms with E-state index in [1.807, 2.05) is 20.9 Å². The van der Waals surface area contributed by atoms with Crippen LogP contribution in [-0.2, 0) is 6.18 Å². The second-order valence-electron chi connectivity index (χ2n) is 9.54. The summed E-state index contributed by atoms with van der Waals surface area (Å²) in [6.45, 7) is 5.40. The van der Waals surface area contributed by atoms with Gasteiger partial charge in [0.2, 0.25) is 0 Å². The SMILES string of the molecule is C[C@@H]1CN(c2cc(F)c(C3=CCNCC3)c(F)c2-n2cc(C(N)=O)c(C(F)(F)F)cc2=O)C[C@H](C)N1C. The van der Waals surface area contributed by atoms with E-state index >= 15 is 8.78 Å². The third-order valence-electron chi connectivity index (χ3n) is 7.12. The Bertz CT molecular complexity index is 1310. The maximum atomic E-state index is 16.3. The van der Waals surface area contributed by atoms with Crippen LogP contribution in [0, 0.1) is 11.6 Å². The van der Waals surface area contributed by atoms with Gasteiger partial charge in [0.1, 0.15) is 11.5 Å². The number of nitrogens with zero attached hydrogens (tertiary/aromatic N) is 3. The molecule has 0 saturated carbocycles. The summed E-state index contributed by atoms with van der Waals surface area (Å²) in [7, 11) is 1.92. The number of primary amides is 1. The highest BCUT2D eigenvalue weighted by Gasteiger charge is 2.37. The van der Waals surface area contributed by atoms with Gasteiger partial charge < -0.3 is 16.0 Å². The summed E-state index contributed by atoms with van der Waals surface area (Å²) in [5.41, 5.74) is 1.04. The summed E-state index contributed by atoms with van der Waals surface area (Å²) in [6.07, 6.45) is -2.51. The quantitative estimate of drug-likeness (QED) is 0.600. The van der Waals surface area contributed by atoms with Crippen molar-refractivity contribution in [3.63, 3.8) is 0 Å². The molecule has 0 spiro atoms. The zero-order chi connectivity index (χ0) is 27.2. The van der Waals surface area contributed by atoms with E-state index in [2.05, 4.69) is 10.2 Å². The lowest BCUT2D eigenvalue weighted by Gasteiger charge is -2.44. The highest BCUT2D eigenvalue weighted by molar-refractivity contribution is 5.94. The van der Waals surface area contributed by atoms with Gasteiger partial charge in [0.25, 0.3) is 11.5 Å². The van der Waals surface area contributed by atoms with Crippen LogP contribution < -0.4 is 21.5 Å². The topological polar surface area (TPSA) is 83.6 Å². The van der Waals surface area contributed by atoms with Crippen LogP contribution in [0.1, 0.15) is 41.8 Å². The number of carbonyl (C=O) groups is 1. The van der Waals surface area contributed by atoms with E-state index in [-0.39, 0.29) is 29.4 Å². The first-order valence-electron chi connectivity index (χ1n) is 11.8. The van der Waals surface area contributed by atoms with Crippen molar-refractivity contribution in [1.29, 1.82) is 0 Å². The van der Waals surface area contributed by atoms with Crippen LogP contribution in [0.15, 0.2) is 29.2 Å². The monoisotopic (exact) mass is 525 g/mol. The number of likely N-dealkylation sites (N-methyl/N-ethyl adjacent to an activating group) is 1. The van der Waals surface area contributed by atoms with Crippen LogP contribution in [0.5, 0.6) is 0 Å². The van der Waals surface area contributed by atoms with Crippen molar-refractivity contribution in [1.82, 2.24) is 14.8 Å². The molecule has 1 amide bonds. The molecule has 1 aromatic carbocycles. The molecule has 2 aromatic rings. The average molecular weight is 526 g/mol. The highest BCUT2D eigenvalue weighted by Crippen LogP contribution is 2.38. The first-order chi connectivity index (χ1) is 17.3. The number of rotatable bonds is 4. The molecule has 0 aliphatic carbocycles. The van der Waals surface area contributed by atoms with E-state index in [0.29, 0.717) is 48.9 Å². The Hall–Kier alpha value is -3.25. The summed E-state index contributed by atoms with van der Waals surface area (Å²) in [4.78, 5) is 28.7. The smallest absolute Gasteiger partial charge is 0.367 e. The molecule has 7 nitrogen and oxygen atoms in total. The minimum atomic E-state index is -5.04. The summed E-state index contributed by atoms with van der Waals surface area (Å²) in [5, 5.41) is 3.05. The number of hydrogen-bond donors (Lipinski definition) is 2. The van der Waals surface area contributed by atoms with Gasteiger partial charge in [-0.2, -0.15) is 13.2 Å². The van der Waals surface area contributed by atoms with Crippen molar-refractivity contribution in [2.75, 3.05) is 38.1 Å². The first-order valence-corrected chi connectivity index (χ1v) is 11.8. The summed E-state index contributed by atoms with van der Waals surface area (Å²) < 4.78 is 73.1. The largest absolute Gasteiger partial charge is 0.417 e. The lowest BCUT2D eigenvalue weighted by Crippen LogP contribution is -2.55. The number of aromatic nitrogens is 1. The van der Waals surface area contributed by atoms with Crippen LogP contribution in [0.4, 0.5) is 27.6 Å². The Kier molecular flexibility index (Phi) is 7.17. The summed E-state index contributed by atoms with van der Waals surface area (Å²) >= 11 is 0. The Labute approximate surface area is 210 Å². The normalized spacial score (nSPS) is 21.2. The summed E-state index contributed by atoms with van der Waals surface area (Å²) in [5.74, 6) is -3.38. The van der Waals surface area contributed by atoms with Crippen molar-refractivity contribution >= 4 is 17.2 Å². The highest BCUT2D eigenvalue weighted by atomic mass is 19.4. The van der Waals surface area contributed by atoms with E-state index in [9.17, 15) is 22.8 Å². The fraction of sp³-hybridized carbons (Fsp3) is 0.440. The van der Waals surface area contributed by atoms with Gasteiger partial charge in [0.05, 0.1) is 22.4 Å². The van der Waals surface area contributed by atoms with Crippen molar-refractivity contribution in [3.05, 3.63) is 63.1 Å². The maximum absolute atomic E-state index is 16.3.